The number of benzene rings is 1. The van der Waals surface area contributed by atoms with Crippen LogP contribution < -0.4 is 10.2 Å². The molecule has 1 saturated heterocycles. The number of fused-ring (bicyclic) bond motifs is 1. The minimum absolute atomic E-state index is 0.194. The predicted octanol–water partition coefficient (Wildman–Crippen LogP) is 2.17. The van der Waals surface area contributed by atoms with Gasteiger partial charge in [-0.2, -0.15) is 5.10 Å². The molecule has 0 spiro atoms. The van der Waals surface area contributed by atoms with Crippen LogP contribution in [0.15, 0.2) is 45.4 Å². The Balaban J connectivity index is 1.23. The molecule has 0 aliphatic carbocycles. The van der Waals surface area contributed by atoms with Crippen LogP contribution in [0.1, 0.15) is 22.4 Å². The molecule has 35 heavy (non-hydrogen) atoms. The number of ether oxygens (including phenoxy) is 1. The molecule has 0 bridgehead atoms. The van der Waals surface area contributed by atoms with Gasteiger partial charge in [0.2, 0.25) is 0 Å². The second kappa shape index (κ2) is 9.59. The van der Waals surface area contributed by atoms with E-state index >= 15 is 0 Å². The molecule has 4 heterocycles. The average Bonchev–Trinajstić information content (AvgIpc) is 3.40. The molecule has 2 aromatic rings. The number of rotatable bonds is 4. The molecular formula is C25H24N4O4S2. The van der Waals surface area contributed by atoms with E-state index in [4.69, 9.17) is 4.74 Å². The number of hydrogen-bond acceptors (Lipinski definition) is 8. The van der Waals surface area contributed by atoms with Gasteiger partial charge in [0, 0.05) is 30.5 Å². The zero-order chi connectivity index (χ0) is 24.6. The van der Waals surface area contributed by atoms with Gasteiger partial charge in [-0.15, -0.1) is 28.2 Å². The number of aliphatic hydroxyl groups is 1. The SMILES string of the molecule is Cc1c(C#CC2(O)COC2)sc2c1SC[C@H](NC(=O)C1=NN=C(Cc3ccccc3)C1)C(=O)N2C. The number of nitrogens with zero attached hydrogens (tertiary/aromatic N) is 3. The third kappa shape index (κ3) is 4.90. The highest BCUT2D eigenvalue weighted by Gasteiger charge is 2.35. The van der Waals surface area contributed by atoms with E-state index < -0.39 is 11.6 Å². The first-order valence-corrected chi connectivity index (χ1v) is 13.0. The molecule has 8 nitrogen and oxygen atoms in total. The van der Waals surface area contributed by atoms with Crippen molar-refractivity contribution in [3.05, 3.63) is 46.3 Å². The number of carbonyl (C=O) groups is 2. The minimum Gasteiger partial charge on any atom is -0.373 e. The molecule has 10 heteroatoms. The number of likely N-dealkylation sites (N-methyl/N-ethyl adjacent to an activating group) is 1. The Morgan fingerprint density at radius 1 is 1.31 bits per heavy atom. The third-order valence-corrected chi connectivity index (χ3v) is 8.70. The molecular weight excluding hydrogens is 484 g/mol. The quantitative estimate of drug-likeness (QED) is 0.616. The maximum Gasteiger partial charge on any atom is 0.268 e. The van der Waals surface area contributed by atoms with Crippen LogP contribution in [0.5, 0.6) is 0 Å². The fraction of sp³-hybridized carbons (Fsp3) is 0.360. The lowest BCUT2D eigenvalue weighted by atomic mass is 10.0. The highest BCUT2D eigenvalue weighted by Crippen LogP contribution is 2.44. The fourth-order valence-electron chi connectivity index (χ4n) is 3.90. The van der Waals surface area contributed by atoms with E-state index in [1.54, 1.807) is 11.9 Å². The number of thioether (sulfide) groups is 1. The molecule has 1 aromatic carbocycles. The first-order chi connectivity index (χ1) is 16.8. The van der Waals surface area contributed by atoms with E-state index in [0.717, 1.165) is 31.6 Å². The summed E-state index contributed by atoms with van der Waals surface area (Å²) in [5, 5.41) is 22.1. The Hall–Kier alpha value is -2.97. The summed E-state index contributed by atoms with van der Waals surface area (Å²) in [6.07, 6.45) is 1.01. The van der Waals surface area contributed by atoms with Crippen molar-refractivity contribution in [2.45, 2.75) is 36.3 Å². The second-order valence-corrected chi connectivity index (χ2v) is 10.8. The lowest BCUT2D eigenvalue weighted by Crippen LogP contribution is -2.50. The summed E-state index contributed by atoms with van der Waals surface area (Å²) < 4.78 is 5.04. The van der Waals surface area contributed by atoms with Gasteiger partial charge in [0.05, 0.1) is 23.8 Å². The van der Waals surface area contributed by atoms with Crippen LogP contribution >= 0.6 is 23.1 Å². The normalized spacial score (nSPS) is 20.6. The van der Waals surface area contributed by atoms with Gasteiger partial charge in [-0.3, -0.25) is 9.59 Å². The standard InChI is InChI=1S/C25H24N4O4S2/c1-15-20(8-9-25(32)13-33-14-25)35-24-21(15)34-12-19(23(31)29(24)2)26-22(30)18-11-17(27-28-18)10-16-6-4-3-5-7-16/h3-7,19,32H,10-14H2,1-2H3,(H,26,30)/t19-/m0/s1. The van der Waals surface area contributed by atoms with Crippen molar-refractivity contribution in [1.29, 1.82) is 0 Å². The summed E-state index contributed by atoms with van der Waals surface area (Å²) in [4.78, 5) is 29.4. The van der Waals surface area contributed by atoms with Gasteiger partial charge in [0.1, 0.15) is 16.8 Å². The van der Waals surface area contributed by atoms with Crippen molar-refractivity contribution >= 4 is 51.3 Å². The first-order valence-electron chi connectivity index (χ1n) is 11.2. The Labute approximate surface area is 211 Å². The van der Waals surface area contributed by atoms with Crippen LogP contribution in [-0.4, -0.2) is 66.0 Å². The van der Waals surface area contributed by atoms with E-state index in [0.29, 0.717) is 24.3 Å². The van der Waals surface area contributed by atoms with Crippen LogP contribution in [0, 0.1) is 18.8 Å². The maximum atomic E-state index is 13.2. The van der Waals surface area contributed by atoms with Crippen molar-refractivity contribution in [1.82, 2.24) is 5.32 Å². The molecule has 2 amide bonds. The highest BCUT2D eigenvalue weighted by molar-refractivity contribution is 7.99. The van der Waals surface area contributed by atoms with Crippen molar-refractivity contribution in [3.8, 4) is 11.8 Å². The number of hydrogen-bond donors (Lipinski definition) is 2. The van der Waals surface area contributed by atoms with E-state index in [-0.39, 0.29) is 25.0 Å². The molecule has 3 aliphatic rings. The second-order valence-electron chi connectivity index (χ2n) is 8.75. The van der Waals surface area contributed by atoms with E-state index in [9.17, 15) is 14.7 Å². The van der Waals surface area contributed by atoms with E-state index in [2.05, 4.69) is 27.4 Å². The molecule has 0 unspecified atom stereocenters. The van der Waals surface area contributed by atoms with Gasteiger partial charge in [-0.1, -0.05) is 42.2 Å². The monoisotopic (exact) mass is 508 g/mol. The smallest absolute Gasteiger partial charge is 0.268 e. The summed E-state index contributed by atoms with van der Waals surface area (Å²) in [6.45, 7) is 2.38. The summed E-state index contributed by atoms with van der Waals surface area (Å²) in [6, 6.07) is 9.23. The Morgan fingerprint density at radius 2 is 2.09 bits per heavy atom. The highest BCUT2D eigenvalue weighted by atomic mass is 32.2. The lowest BCUT2D eigenvalue weighted by molar-refractivity contribution is -0.140. The summed E-state index contributed by atoms with van der Waals surface area (Å²) in [5.41, 5.74) is 2.13. The van der Waals surface area contributed by atoms with Crippen LogP contribution in [0.25, 0.3) is 0 Å². The molecule has 3 aliphatic heterocycles. The maximum absolute atomic E-state index is 13.2. The Morgan fingerprint density at radius 3 is 2.80 bits per heavy atom. The number of anilines is 1. The molecule has 2 N–H and O–H groups in total. The lowest BCUT2D eigenvalue weighted by Gasteiger charge is -2.30. The first kappa shape index (κ1) is 23.8. The number of thiophene rings is 1. The van der Waals surface area contributed by atoms with Crippen molar-refractivity contribution in [3.63, 3.8) is 0 Å². The minimum atomic E-state index is -1.09. The summed E-state index contributed by atoms with van der Waals surface area (Å²) in [5.74, 6) is 5.78. The van der Waals surface area contributed by atoms with Crippen molar-refractivity contribution < 1.29 is 19.4 Å². The molecule has 0 saturated carbocycles. The largest absolute Gasteiger partial charge is 0.373 e. The van der Waals surface area contributed by atoms with E-state index in [1.165, 1.54) is 23.1 Å². The summed E-state index contributed by atoms with van der Waals surface area (Å²) >= 11 is 2.94. The Kier molecular flexibility index (Phi) is 6.51. The molecule has 180 valence electrons. The van der Waals surface area contributed by atoms with Crippen LogP contribution in [0.4, 0.5) is 5.00 Å². The Bertz CT molecular complexity index is 1300. The fourth-order valence-corrected chi connectivity index (χ4v) is 6.43. The zero-order valence-electron chi connectivity index (χ0n) is 19.3. The number of amides is 2. The molecule has 1 atom stereocenters. The molecule has 1 fully saturated rings. The van der Waals surface area contributed by atoms with Crippen LogP contribution in [0.2, 0.25) is 0 Å². The van der Waals surface area contributed by atoms with Crippen molar-refractivity contribution in [2.24, 2.45) is 10.2 Å². The summed E-state index contributed by atoms with van der Waals surface area (Å²) in [7, 11) is 1.71. The average molecular weight is 509 g/mol. The van der Waals surface area contributed by atoms with Gasteiger partial charge in [0.25, 0.3) is 11.8 Å². The zero-order valence-corrected chi connectivity index (χ0v) is 21.0. The number of carbonyl (C=O) groups excluding carboxylic acids is 2. The van der Waals surface area contributed by atoms with Crippen LogP contribution in [0.3, 0.4) is 0 Å². The van der Waals surface area contributed by atoms with Gasteiger partial charge in [-0.05, 0) is 18.1 Å². The van der Waals surface area contributed by atoms with Gasteiger partial charge in [-0.25, -0.2) is 0 Å². The van der Waals surface area contributed by atoms with Crippen LogP contribution in [-0.2, 0) is 20.7 Å². The molecule has 0 radical (unpaired) electrons. The van der Waals surface area contributed by atoms with Gasteiger partial charge < -0.3 is 20.1 Å². The number of nitrogens with one attached hydrogen (secondary N) is 1. The third-order valence-electron chi connectivity index (χ3n) is 5.99. The molecule has 1 aromatic heterocycles. The van der Waals surface area contributed by atoms with Gasteiger partial charge >= 0.3 is 0 Å². The van der Waals surface area contributed by atoms with E-state index in [1.807, 2.05) is 37.3 Å². The molecule has 5 rings (SSSR count). The van der Waals surface area contributed by atoms with Gasteiger partial charge in [0.15, 0.2) is 5.60 Å². The topological polar surface area (TPSA) is 104 Å². The predicted molar refractivity (Wildman–Crippen MR) is 137 cm³/mol. The van der Waals surface area contributed by atoms with Crippen molar-refractivity contribution in [2.75, 3.05) is 30.9 Å².